The van der Waals surface area contributed by atoms with Crippen molar-refractivity contribution in [2.75, 3.05) is 19.8 Å². The van der Waals surface area contributed by atoms with E-state index in [0.29, 0.717) is 11.1 Å². The number of aliphatic hydroxyl groups is 4. The van der Waals surface area contributed by atoms with E-state index in [9.17, 15) is 39.9 Å². The average molecular weight is 518 g/mol. The number of aromatic hydroxyl groups is 1. The fourth-order valence-electron chi connectivity index (χ4n) is 6.74. The number of primary amides is 1. The van der Waals surface area contributed by atoms with Crippen LogP contribution in [0.5, 0.6) is 5.75 Å². The number of nitrogens with two attached hydrogens (primary N) is 2. The van der Waals surface area contributed by atoms with E-state index >= 15 is 0 Å². The van der Waals surface area contributed by atoms with Gasteiger partial charge in [-0.3, -0.25) is 14.4 Å². The molecular formula is C26H35N3O8. The number of hydrogen-bond acceptors (Lipinski definition) is 10. The molecule has 2 saturated carbocycles. The number of Topliss-reactive ketones (excluding diaryl/α,β-unsaturated/α-hetero) is 2. The van der Waals surface area contributed by atoms with E-state index in [-0.39, 0.29) is 17.0 Å². The number of likely N-dealkylation sites (N-methyl/N-ethyl adjacent to an activating group) is 1. The number of amides is 1. The number of benzene rings is 1. The highest BCUT2D eigenvalue weighted by atomic mass is 16.3. The molecule has 2 fully saturated rings. The summed E-state index contributed by atoms with van der Waals surface area (Å²) >= 11 is 0. The zero-order valence-electron chi connectivity index (χ0n) is 21.7. The first-order chi connectivity index (χ1) is 16.9. The molecule has 1 amide bonds. The zero-order valence-corrected chi connectivity index (χ0v) is 21.7. The Hall–Kier alpha value is -2.99. The summed E-state index contributed by atoms with van der Waals surface area (Å²) in [6, 6.07) is 0.370. The van der Waals surface area contributed by atoms with Gasteiger partial charge in [0.15, 0.2) is 11.4 Å². The number of ketones is 2. The Morgan fingerprint density at radius 2 is 1.68 bits per heavy atom. The zero-order chi connectivity index (χ0) is 28.1. The maximum absolute atomic E-state index is 14.0. The van der Waals surface area contributed by atoms with Crippen molar-refractivity contribution in [1.29, 1.82) is 0 Å². The summed E-state index contributed by atoms with van der Waals surface area (Å²) in [6.45, 7) is 7.13. The molecule has 2 unspecified atom stereocenters. The van der Waals surface area contributed by atoms with Crippen LogP contribution in [0.15, 0.2) is 11.6 Å². The monoisotopic (exact) mass is 517 g/mol. The Labute approximate surface area is 214 Å². The number of phenols is 1. The van der Waals surface area contributed by atoms with Crippen LogP contribution >= 0.6 is 0 Å². The summed E-state index contributed by atoms with van der Waals surface area (Å²) in [5.41, 5.74) is 8.59. The molecule has 11 nitrogen and oxygen atoms in total. The van der Waals surface area contributed by atoms with Crippen molar-refractivity contribution < 1.29 is 39.9 Å². The molecule has 8 atom stereocenters. The van der Waals surface area contributed by atoms with E-state index in [1.54, 1.807) is 13.0 Å². The number of nitrogens with zero attached hydrogens (tertiary/aromatic N) is 1. The lowest BCUT2D eigenvalue weighted by atomic mass is 9.51. The van der Waals surface area contributed by atoms with Crippen LogP contribution in [-0.4, -0.2) is 85.9 Å². The van der Waals surface area contributed by atoms with Crippen molar-refractivity contribution in [3.63, 3.8) is 0 Å². The van der Waals surface area contributed by atoms with Gasteiger partial charge in [-0.1, -0.05) is 27.7 Å². The molecule has 0 aromatic heterocycles. The van der Waals surface area contributed by atoms with Crippen molar-refractivity contribution in [2.24, 2.45) is 23.5 Å². The minimum atomic E-state index is -2.97. The van der Waals surface area contributed by atoms with Gasteiger partial charge in [-0.15, -0.1) is 0 Å². The summed E-state index contributed by atoms with van der Waals surface area (Å²) in [5.74, 6) is -10.2. The second-order valence-corrected chi connectivity index (χ2v) is 11.8. The van der Waals surface area contributed by atoms with Crippen LogP contribution in [0.1, 0.15) is 50.3 Å². The van der Waals surface area contributed by atoms with Crippen molar-refractivity contribution in [3.05, 3.63) is 28.3 Å². The van der Waals surface area contributed by atoms with Crippen LogP contribution in [0.2, 0.25) is 0 Å². The molecule has 1 aromatic rings. The summed E-state index contributed by atoms with van der Waals surface area (Å²) in [6.07, 6.45) is -3.34. The second kappa shape index (κ2) is 8.26. The van der Waals surface area contributed by atoms with Crippen LogP contribution in [-0.2, 0) is 19.8 Å². The first kappa shape index (κ1) is 27.1. The molecule has 0 heterocycles. The number of aliphatic hydroxyl groups excluding tert-OH is 3. The highest BCUT2D eigenvalue weighted by Gasteiger charge is 2.71. The maximum atomic E-state index is 14.0. The van der Waals surface area contributed by atoms with Gasteiger partial charge in [-0.2, -0.15) is 0 Å². The van der Waals surface area contributed by atoms with Gasteiger partial charge in [0, 0.05) is 34.7 Å². The third-order valence-corrected chi connectivity index (χ3v) is 8.43. The van der Waals surface area contributed by atoms with Crippen molar-refractivity contribution in [3.8, 4) is 5.75 Å². The number of carbonyl (C=O) groups is 3. The van der Waals surface area contributed by atoms with Gasteiger partial charge >= 0.3 is 0 Å². The van der Waals surface area contributed by atoms with Crippen LogP contribution in [0, 0.1) is 17.8 Å². The van der Waals surface area contributed by atoms with Gasteiger partial charge < -0.3 is 41.9 Å². The molecule has 0 spiro atoms. The molecule has 1 aromatic carbocycles. The molecule has 37 heavy (non-hydrogen) atoms. The molecule has 3 aliphatic rings. The van der Waals surface area contributed by atoms with Gasteiger partial charge in [0.25, 0.3) is 0 Å². The Morgan fingerprint density at radius 3 is 2.16 bits per heavy atom. The molecular weight excluding hydrogens is 482 g/mol. The van der Waals surface area contributed by atoms with Gasteiger partial charge in [0.2, 0.25) is 11.7 Å². The average Bonchev–Trinajstić information content (AvgIpc) is 2.76. The number of anilines is 1. The van der Waals surface area contributed by atoms with E-state index < -0.39 is 81.7 Å². The Bertz CT molecular complexity index is 1250. The van der Waals surface area contributed by atoms with Crippen molar-refractivity contribution in [2.45, 2.75) is 62.9 Å². The van der Waals surface area contributed by atoms with Crippen LogP contribution in [0.4, 0.5) is 5.69 Å². The topological polar surface area (TPSA) is 208 Å². The molecule has 9 N–H and O–H groups in total. The second-order valence-electron chi connectivity index (χ2n) is 11.8. The molecule has 202 valence electrons. The fraction of sp³-hybridized carbons (Fsp3) is 0.577. The van der Waals surface area contributed by atoms with Crippen molar-refractivity contribution in [1.82, 2.24) is 4.90 Å². The first-order valence-electron chi connectivity index (χ1n) is 12.1. The Kier molecular flexibility index (Phi) is 6.04. The number of nitrogen functional groups attached to an aromatic ring is 1. The summed E-state index contributed by atoms with van der Waals surface area (Å²) in [4.78, 5) is 41.0. The highest BCUT2D eigenvalue weighted by molar-refractivity contribution is 6.25. The fourth-order valence-corrected chi connectivity index (χ4v) is 6.74. The predicted octanol–water partition coefficient (Wildman–Crippen LogP) is -0.459. The molecule has 11 heteroatoms. The number of rotatable bonds is 2. The van der Waals surface area contributed by atoms with E-state index in [1.165, 1.54) is 19.0 Å². The van der Waals surface area contributed by atoms with Gasteiger partial charge in [0.1, 0.15) is 17.4 Å². The van der Waals surface area contributed by atoms with Gasteiger partial charge in [-0.25, -0.2) is 0 Å². The molecule has 0 bridgehead atoms. The molecule has 3 aliphatic carbocycles. The lowest BCUT2D eigenvalue weighted by Crippen LogP contribution is -2.76. The normalized spacial score (nSPS) is 35.8. The third kappa shape index (κ3) is 3.37. The van der Waals surface area contributed by atoms with E-state index in [4.69, 9.17) is 11.5 Å². The minimum Gasteiger partial charge on any atom is -0.507 e. The highest BCUT2D eigenvalue weighted by Crippen LogP contribution is 2.57. The van der Waals surface area contributed by atoms with E-state index in [0.717, 1.165) is 0 Å². The summed E-state index contributed by atoms with van der Waals surface area (Å²) in [5, 5.41) is 56.9. The van der Waals surface area contributed by atoms with Gasteiger partial charge in [0.05, 0.1) is 17.8 Å². The first-order valence-corrected chi connectivity index (χ1v) is 12.1. The SMILES string of the molecule is C[C@H]1c2c(N)cc(C(C)(C)C)c(O)c2C(O)=C2C(=O)[C@]3(O)C(=O)C(C(N)=O)C(O)[C@@H](N(C)C)[C@@H]3[C@@H](O)[C@@H]21. The Balaban J connectivity index is 2.05. The summed E-state index contributed by atoms with van der Waals surface area (Å²) in [7, 11) is 3.01. The smallest absolute Gasteiger partial charge is 0.230 e. The number of phenolic OH excluding ortho intramolecular Hbond substituents is 1. The lowest BCUT2D eigenvalue weighted by molar-refractivity contribution is -0.199. The van der Waals surface area contributed by atoms with E-state index in [1.807, 2.05) is 20.8 Å². The molecule has 0 saturated heterocycles. The number of hydrogen-bond donors (Lipinski definition) is 7. The molecule has 0 aliphatic heterocycles. The lowest BCUT2D eigenvalue weighted by Gasteiger charge is -2.56. The Morgan fingerprint density at radius 1 is 1.11 bits per heavy atom. The minimum absolute atomic E-state index is 0.106. The summed E-state index contributed by atoms with van der Waals surface area (Å²) < 4.78 is 0. The van der Waals surface area contributed by atoms with Crippen LogP contribution < -0.4 is 11.5 Å². The van der Waals surface area contributed by atoms with Crippen LogP contribution in [0.3, 0.4) is 0 Å². The maximum Gasteiger partial charge on any atom is 0.230 e. The van der Waals surface area contributed by atoms with Crippen molar-refractivity contribution >= 4 is 28.9 Å². The largest absolute Gasteiger partial charge is 0.507 e. The number of fused-ring (bicyclic) bond motifs is 3. The quantitative estimate of drug-likeness (QED) is 0.153. The van der Waals surface area contributed by atoms with Crippen LogP contribution in [0.25, 0.3) is 5.76 Å². The van der Waals surface area contributed by atoms with E-state index in [2.05, 4.69) is 0 Å². The van der Waals surface area contributed by atoms with Gasteiger partial charge in [-0.05, 0) is 37.1 Å². The predicted molar refractivity (Wildman–Crippen MR) is 133 cm³/mol. The molecule has 4 rings (SSSR count). The standard InChI is InChI=1S/C26H35N3O8/c1-8-11-10(27)7-9(25(2,3)4)18(30)13(11)19(31)14-12(8)20(32)16-17(29(5)6)21(33)15(24(28)36)23(35)26(16,37)22(14)34/h7-8,12,15-17,20-21,30-33,37H,27H2,1-6H3,(H2,28,36)/t8-,12+,15?,16+,17-,20-,21?,26-/m0/s1. The third-order valence-electron chi connectivity index (χ3n) is 8.43. The number of carbonyl (C=O) groups excluding carboxylic acids is 3. The molecule has 0 radical (unpaired) electrons.